The SMILES string of the molecule is Cc1[nH]nc(CO)c1S(=O)(=O)N(C)C1CCC(C)(C)CC1. The normalized spacial score (nSPS) is 20.1. The Morgan fingerprint density at radius 2 is 1.95 bits per heavy atom. The minimum absolute atomic E-state index is 0.0175. The Labute approximate surface area is 126 Å². The van der Waals surface area contributed by atoms with Crippen molar-refractivity contribution in [1.29, 1.82) is 0 Å². The zero-order chi connectivity index (χ0) is 15.8. The number of aryl methyl sites for hydroxylation is 1. The lowest BCUT2D eigenvalue weighted by Crippen LogP contribution is -2.41. The van der Waals surface area contributed by atoms with Gasteiger partial charge in [0.2, 0.25) is 10.0 Å². The van der Waals surface area contributed by atoms with E-state index in [1.165, 1.54) is 4.31 Å². The number of aliphatic hydroxyl groups is 1. The summed E-state index contributed by atoms with van der Waals surface area (Å²) in [6.07, 6.45) is 3.78. The van der Waals surface area contributed by atoms with E-state index in [9.17, 15) is 13.5 Å². The summed E-state index contributed by atoms with van der Waals surface area (Å²) in [7, 11) is -2.00. The number of sulfonamides is 1. The highest BCUT2D eigenvalue weighted by atomic mass is 32.2. The van der Waals surface area contributed by atoms with Crippen molar-refractivity contribution in [1.82, 2.24) is 14.5 Å². The van der Waals surface area contributed by atoms with Crippen molar-refractivity contribution in [3.63, 3.8) is 0 Å². The lowest BCUT2D eigenvalue weighted by molar-refractivity contribution is 0.174. The second kappa shape index (κ2) is 5.70. The first-order valence-corrected chi connectivity index (χ1v) is 8.76. The standard InChI is InChI=1S/C14H25N3O3S/c1-10-13(12(9-18)16-15-10)21(19,20)17(4)11-5-7-14(2,3)8-6-11/h11,18H,5-9H2,1-4H3,(H,15,16). The smallest absolute Gasteiger partial charge is 0.246 e. The summed E-state index contributed by atoms with van der Waals surface area (Å²) >= 11 is 0. The molecule has 1 fully saturated rings. The molecule has 0 aliphatic heterocycles. The van der Waals surface area contributed by atoms with E-state index < -0.39 is 10.0 Å². The van der Waals surface area contributed by atoms with Crippen LogP contribution in [0.2, 0.25) is 0 Å². The molecule has 6 nitrogen and oxygen atoms in total. The quantitative estimate of drug-likeness (QED) is 0.887. The molecule has 0 atom stereocenters. The Bertz CT molecular complexity index is 597. The lowest BCUT2D eigenvalue weighted by atomic mass is 9.76. The van der Waals surface area contributed by atoms with Crippen molar-refractivity contribution in [2.75, 3.05) is 7.05 Å². The van der Waals surface area contributed by atoms with Crippen LogP contribution in [0.15, 0.2) is 4.90 Å². The number of aromatic nitrogens is 2. The molecule has 21 heavy (non-hydrogen) atoms. The molecule has 0 radical (unpaired) electrons. The highest BCUT2D eigenvalue weighted by Gasteiger charge is 2.36. The minimum atomic E-state index is -3.63. The van der Waals surface area contributed by atoms with E-state index in [-0.39, 0.29) is 23.2 Å². The van der Waals surface area contributed by atoms with E-state index in [1.54, 1.807) is 14.0 Å². The summed E-state index contributed by atoms with van der Waals surface area (Å²) < 4.78 is 27.1. The van der Waals surface area contributed by atoms with Gasteiger partial charge in [-0.05, 0) is 38.0 Å². The molecule has 0 spiro atoms. The van der Waals surface area contributed by atoms with Gasteiger partial charge in [-0.1, -0.05) is 13.8 Å². The van der Waals surface area contributed by atoms with Crippen molar-refractivity contribution in [3.8, 4) is 0 Å². The van der Waals surface area contributed by atoms with Crippen LogP contribution in [-0.2, 0) is 16.6 Å². The number of H-pyrrole nitrogens is 1. The van der Waals surface area contributed by atoms with Crippen LogP contribution in [0.1, 0.15) is 50.9 Å². The van der Waals surface area contributed by atoms with Gasteiger partial charge in [-0.3, -0.25) is 5.10 Å². The first kappa shape index (κ1) is 16.5. The first-order chi connectivity index (χ1) is 9.69. The first-order valence-electron chi connectivity index (χ1n) is 7.32. The zero-order valence-electron chi connectivity index (χ0n) is 13.2. The van der Waals surface area contributed by atoms with Crippen molar-refractivity contribution in [3.05, 3.63) is 11.4 Å². The molecule has 1 aliphatic carbocycles. The van der Waals surface area contributed by atoms with E-state index in [0.717, 1.165) is 25.7 Å². The van der Waals surface area contributed by atoms with Gasteiger partial charge in [0.25, 0.3) is 0 Å². The minimum Gasteiger partial charge on any atom is -0.390 e. The van der Waals surface area contributed by atoms with Gasteiger partial charge in [-0.25, -0.2) is 8.42 Å². The van der Waals surface area contributed by atoms with Crippen LogP contribution in [-0.4, -0.2) is 41.1 Å². The Morgan fingerprint density at radius 3 is 2.48 bits per heavy atom. The van der Waals surface area contributed by atoms with Crippen LogP contribution in [0.5, 0.6) is 0 Å². The van der Waals surface area contributed by atoms with E-state index in [1.807, 2.05) is 0 Å². The highest BCUT2D eigenvalue weighted by Crippen LogP contribution is 2.38. The molecule has 1 aromatic heterocycles. The fourth-order valence-electron chi connectivity index (χ4n) is 3.01. The predicted molar refractivity (Wildman–Crippen MR) is 80.2 cm³/mol. The lowest BCUT2D eigenvalue weighted by Gasteiger charge is -2.38. The van der Waals surface area contributed by atoms with Crippen LogP contribution < -0.4 is 0 Å². The number of hydrogen-bond acceptors (Lipinski definition) is 4. The molecule has 0 unspecified atom stereocenters. The Hall–Kier alpha value is -0.920. The third-order valence-electron chi connectivity index (χ3n) is 4.57. The van der Waals surface area contributed by atoms with Crippen LogP contribution in [0.4, 0.5) is 0 Å². The molecule has 1 aromatic rings. The van der Waals surface area contributed by atoms with Gasteiger partial charge in [-0.2, -0.15) is 9.40 Å². The molecule has 0 amide bonds. The number of rotatable bonds is 4. The molecule has 1 heterocycles. The molecular weight excluding hydrogens is 290 g/mol. The van der Waals surface area contributed by atoms with E-state index in [2.05, 4.69) is 24.0 Å². The highest BCUT2D eigenvalue weighted by molar-refractivity contribution is 7.89. The average Bonchev–Trinajstić information content (AvgIpc) is 2.79. The Kier molecular flexibility index (Phi) is 4.46. The van der Waals surface area contributed by atoms with Gasteiger partial charge in [0.1, 0.15) is 10.6 Å². The molecule has 120 valence electrons. The summed E-state index contributed by atoms with van der Waals surface area (Å²) in [5.41, 5.74) is 0.959. The van der Waals surface area contributed by atoms with E-state index in [4.69, 9.17) is 0 Å². The summed E-state index contributed by atoms with van der Waals surface area (Å²) in [6, 6.07) is 0.0175. The van der Waals surface area contributed by atoms with Crippen molar-refractivity contribution < 1.29 is 13.5 Å². The molecule has 1 aliphatic rings. The van der Waals surface area contributed by atoms with Gasteiger partial charge in [-0.15, -0.1) is 0 Å². The van der Waals surface area contributed by atoms with Crippen LogP contribution in [0.3, 0.4) is 0 Å². The second-order valence-electron chi connectivity index (χ2n) is 6.70. The molecule has 7 heteroatoms. The maximum atomic E-state index is 12.8. The zero-order valence-corrected chi connectivity index (χ0v) is 14.0. The van der Waals surface area contributed by atoms with Gasteiger partial charge in [0.05, 0.1) is 12.3 Å². The van der Waals surface area contributed by atoms with Crippen molar-refractivity contribution >= 4 is 10.0 Å². The maximum absolute atomic E-state index is 12.8. The van der Waals surface area contributed by atoms with Crippen LogP contribution >= 0.6 is 0 Å². The third-order valence-corrected chi connectivity index (χ3v) is 6.69. The van der Waals surface area contributed by atoms with Gasteiger partial charge < -0.3 is 5.11 Å². The summed E-state index contributed by atoms with van der Waals surface area (Å²) in [6.45, 7) is 5.73. The van der Waals surface area contributed by atoms with Crippen molar-refractivity contribution in [2.45, 2.75) is 64.0 Å². The predicted octanol–water partition coefficient (Wildman–Crippen LogP) is 1.80. The maximum Gasteiger partial charge on any atom is 0.246 e. The molecule has 1 saturated carbocycles. The fourth-order valence-corrected chi connectivity index (χ4v) is 4.74. The largest absolute Gasteiger partial charge is 0.390 e. The van der Waals surface area contributed by atoms with Gasteiger partial charge in [0, 0.05) is 13.1 Å². The molecule has 0 bridgehead atoms. The molecule has 0 aromatic carbocycles. The number of hydrogen-bond donors (Lipinski definition) is 2. The third kappa shape index (κ3) is 3.14. The summed E-state index contributed by atoms with van der Waals surface area (Å²) in [4.78, 5) is 0.123. The topological polar surface area (TPSA) is 86.3 Å². The molecule has 0 saturated heterocycles. The molecule has 2 rings (SSSR count). The Morgan fingerprint density at radius 1 is 1.38 bits per heavy atom. The summed E-state index contributed by atoms with van der Waals surface area (Å²) in [5, 5.41) is 15.8. The number of nitrogens with zero attached hydrogens (tertiary/aromatic N) is 2. The number of nitrogens with one attached hydrogen (secondary N) is 1. The van der Waals surface area contributed by atoms with E-state index >= 15 is 0 Å². The fraction of sp³-hybridized carbons (Fsp3) is 0.786. The van der Waals surface area contributed by atoms with Crippen molar-refractivity contribution in [2.24, 2.45) is 5.41 Å². The van der Waals surface area contributed by atoms with E-state index in [0.29, 0.717) is 11.1 Å². The molecule has 2 N–H and O–H groups in total. The average molecular weight is 315 g/mol. The van der Waals surface area contributed by atoms with Crippen LogP contribution in [0, 0.1) is 12.3 Å². The van der Waals surface area contributed by atoms with Crippen LogP contribution in [0.25, 0.3) is 0 Å². The molecular formula is C14H25N3O3S. The summed E-state index contributed by atoms with van der Waals surface area (Å²) in [5.74, 6) is 0. The number of aromatic amines is 1. The number of aliphatic hydroxyl groups excluding tert-OH is 1. The Balaban J connectivity index is 2.25. The monoisotopic (exact) mass is 315 g/mol. The second-order valence-corrected chi connectivity index (χ2v) is 8.63. The van der Waals surface area contributed by atoms with Gasteiger partial charge in [0.15, 0.2) is 0 Å². The van der Waals surface area contributed by atoms with Gasteiger partial charge >= 0.3 is 0 Å².